The average molecular weight is 413 g/mol. The molecule has 4 saturated carbocycles. The van der Waals surface area contributed by atoms with E-state index in [2.05, 4.69) is 5.32 Å². The van der Waals surface area contributed by atoms with Gasteiger partial charge >= 0.3 is 17.8 Å². The first-order valence-electron chi connectivity index (χ1n) is 10.6. The molecule has 5 amide bonds. The third-order valence-corrected chi connectivity index (χ3v) is 7.27. The number of nitrogens with one attached hydrogen (secondary N) is 1. The number of carbonyl (C=O) groups excluding carboxylic acids is 4. The first-order chi connectivity index (χ1) is 14.4. The minimum atomic E-state index is -0.947. The van der Waals surface area contributed by atoms with E-state index in [1.54, 1.807) is 18.2 Å². The molecular weight excluding hydrogens is 389 g/mol. The second-order valence-corrected chi connectivity index (χ2v) is 9.32. The van der Waals surface area contributed by atoms with Crippen molar-refractivity contribution >= 4 is 23.8 Å². The molecular formula is C22H24FN3O4. The predicted molar refractivity (Wildman–Crippen MR) is 103 cm³/mol. The van der Waals surface area contributed by atoms with Crippen LogP contribution in [0.1, 0.15) is 44.1 Å². The number of halogens is 1. The molecule has 6 rings (SSSR count). The maximum absolute atomic E-state index is 13.7. The molecule has 7 nitrogen and oxygen atoms in total. The monoisotopic (exact) mass is 413 g/mol. The van der Waals surface area contributed by atoms with Crippen molar-refractivity contribution in [2.45, 2.75) is 50.6 Å². The minimum Gasteiger partial charge on any atom is -0.350 e. The highest BCUT2D eigenvalue weighted by Crippen LogP contribution is 2.58. The lowest BCUT2D eigenvalue weighted by Crippen LogP contribution is -2.62. The minimum absolute atomic E-state index is 0.0611. The van der Waals surface area contributed by atoms with Gasteiger partial charge in [0.1, 0.15) is 12.4 Å². The van der Waals surface area contributed by atoms with Gasteiger partial charge in [-0.15, -0.1) is 0 Å². The Hall–Kier alpha value is -2.77. The first-order valence-corrected chi connectivity index (χ1v) is 10.6. The van der Waals surface area contributed by atoms with Gasteiger partial charge in [0.15, 0.2) is 0 Å². The van der Waals surface area contributed by atoms with Gasteiger partial charge in [0, 0.05) is 12.1 Å². The summed E-state index contributed by atoms with van der Waals surface area (Å²) in [5.41, 5.74) is -0.270. The largest absolute Gasteiger partial charge is 0.350 e. The summed E-state index contributed by atoms with van der Waals surface area (Å²) in [6.07, 6.45) is 5.72. The van der Waals surface area contributed by atoms with Crippen LogP contribution >= 0.6 is 0 Å². The Morgan fingerprint density at radius 3 is 2.20 bits per heavy atom. The lowest BCUT2D eigenvalue weighted by Gasteiger charge is -2.58. The van der Waals surface area contributed by atoms with E-state index in [9.17, 15) is 23.6 Å². The van der Waals surface area contributed by atoms with Crippen LogP contribution in [0.15, 0.2) is 24.3 Å². The Labute approximate surface area is 173 Å². The highest BCUT2D eigenvalue weighted by Gasteiger charge is 2.61. The Bertz CT molecular complexity index is 911. The average Bonchev–Trinajstić information content (AvgIpc) is 2.90. The SMILES string of the molecule is O=C(CN1C(=O)C(=O)N(C23CC4CC(CC(C4)C2)C3)C1=O)NCc1ccccc1F. The van der Waals surface area contributed by atoms with Gasteiger partial charge in [0.25, 0.3) is 0 Å². The molecule has 0 aromatic heterocycles. The van der Waals surface area contributed by atoms with Crippen LogP contribution in [0.5, 0.6) is 0 Å². The number of hydrogen-bond acceptors (Lipinski definition) is 4. The molecule has 0 unspecified atom stereocenters. The molecule has 0 radical (unpaired) electrons. The molecule has 1 aliphatic heterocycles. The Balaban J connectivity index is 1.29. The number of urea groups is 1. The van der Waals surface area contributed by atoms with Crippen LogP contribution in [0.3, 0.4) is 0 Å². The second kappa shape index (κ2) is 6.89. The highest BCUT2D eigenvalue weighted by atomic mass is 19.1. The zero-order chi connectivity index (χ0) is 21.0. The third-order valence-electron chi connectivity index (χ3n) is 7.27. The maximum atomic E-state index is 13.7. The summed E-state index contributed by atoms with van der Waals surface area (Å²) in [4.78, 5) is 52.6. The van der Waals surface area contributed by atoms with Crippen LogP contribution in [0.25, 0.3) is 0 Å². The van der Waals surface area contributed by atoms with Crippen LogP contribution in [-0.2, 0) is 20.9 Å². The summed E-state index contributed by atoms with van der Waals surface area (Å²) in [7, 11) is 0. The van der Waals surface area contributed by atoms with E-state index in [1.165, 1.54) is 11.0 Å². The van der Waals surface area contributed by atoms with Crippen molar-refractivity contribution in [3.8, 4) is 0 Å². The van der Waals surface area contributed by atoms with Crippen molar-refractivity contribution in [2.75, 3.05) is 6.54 Å². The Kier molecular flexibility index (Phi) is 4.41. The van der Waals surface area contributed by atoms with Crippen molar-refractivity contribution in [3.05, 3.63) is 35.6 Å². The van der Waals surface area contributed by atoms with E-state index in [0.717, 1.165) is 43.4 Å². The van der Waals surface area contributed by atoms with Gasteiger partial charge in [0.05, 0.1) is 5.54 Å². The molecule has 4 aliphatic carbocycles. The lowest BCUT2D eigenvalue weighted by molar-refractivity contribution is -0.150. The molecule has 158 valence electrons. The molecule has 0 spiro atoms. The molecule has 1 saturated heterocycles. The fourth-order valence-electron chi connectivity index (χ4n) is 6.44. The molecule has 30 heavy (non-hydrogen) atoms. The zero-order valence-corrected chi connectivity index (χ0v) is 16.6. The van der Waals surface area contributed by atoms with Crippen LogP contribution < -0.4 is 5.32 Å². The first kappa shape index (κ1) is 19.2. The second-order valence-electron chi connectivity index (χ2n) is 9.32. The molecule has 1 heterocycles. The van der Waals surface area contributed by atoms with Gasteiger partial charge in [0.2, 0.25) is 5.91 Å². The van der Waals surface area contributed by atoms with Crippen molar-refractivity contribution in [3.63, 3.8) is 0 Å². The number of amides is 5. The molecule has 1 N–H and O–H groups in total. The van der Waals surface area contributed by atoms with Crippen LogP contribution in [0, 0.1) is 23.6 Å². The van der Waals surface area contributed by atoms with E-state index in [-0.39, 0.29) is 6.54 Å². The highest BCUT2D eigenvalue weighted by molar-refractivity contribution is 6.45. The summed E-state index contributed by atoms with van der Waals surface area (Å²) in [5.74, 6) is -1.31. The van der Waals surface area contributed by atoms with E-state index >= 15 is 0 Å². The fourth-order valence-corrected chi connectivity index (χ4v) is 6.44. The summed E-state index contributed by atoms with van der Waals surface area (Å²) in [5, 5.41) is 2.52. The van der Waals surface area contributed by atoms with E-state index in [1.807, 2.05) is 0 Å². The number of rotatable bonds is 5. The van der Waals surface area contributed by atoms with Gasteiger partial charge in [-0.2, -0.15) is 0 Å². The Morgan fingerprint density at radius 1 is 1.00 bits per heavy atom. The predicted octanol–water partition coefficient (Wildman–Crippen LogP) is 2.20. The number of carbonyl (C=O) groups is 4. The fraction of sp³-hybridized carbons (Fsp3) is 0.545. The van der Waals surface area contributed by atoms with Crippen molar-refractivity contribution < 1.29 is 23.6 Å². The number of imide groups is 2. The normalized spacial score (nSPS) is 32.3. The quantitative estimate of drug-likeness (QED) is 0.592. The van der Waals surface area contributed by atoms with E-state index in [0.29, 0.717) is 23.3 Å². The van der Waals surface area contributed by atoms with Crippen LogP contribution in [-0.4, -0.2) is 45.6 Å². The molecule has 1 aromatic carbocycles. The van der Waals surface area contributed by atoms with E-state index < -0.39 is 41.7 Å². The third kappa shape index (κ3) is 3.00. The number of hydrogen-bond donors (Lipinski definition) is 1. The molecule has 8 heteroatoms. The van der Waals surface area contributed by atoms with E-state index in [4.69, 9.17) is 0 Å². The molecule has 5 fully saturated rings. The smallest absolute Gasteiger partial charge is 0.335 e. The van der Waals surface area contributed by atoms with Gasteiger partial charge in [-0.3, -0.25) is 14.4 Å². The number of nitrogens with zero attached hydrogens (tertiary/aromatic N) is 2. The van der Waals surface area contributed by atoms with Gasteiger partial charge in [-0.05, 0) is 62.3 Å². The van der Waals surface area contributed by atoms with Crippen LogP contribution in [0.4, 0.5) is 9.18 Å². The van der Waals surface area contributed by atoms with Gasteiger partial charge in [-0.25, -0.2) is 19.0 Å². The van der Waals surface area contributed by atoms with Gasteiger partial charge < -0.3 is 5.32 Å². The van der Waals surface area contributed by atoms with Crippen molar-refractivity contribution in [1.29, 1.82) is 0 Å². The summed E-state index contributed by atoms with van der Waals surface area (Å²) < 4.78 is 13.7. The molecule has 5 aliphatic rings. The van der Waals surface area contributed by atoms with Crippen molar-refractivity contribution in [1.82, 2.24) is 15.1 Å². The van der Waals surface area contributed by atoms with Crippen LogP contribution in [0.2, 0.25) is 0 Å². The topological polar surface area (TPSA) is 86.8 Å². The standard InChI is InChI=1S/C22H24FN3O4/c23-17-4-2-1-3-16(17)11-24-18(27)12-25-19(28)20(29)26(21(25)30)22-8-13-5-14(9-22)7-15(6-13)10-22/h1-4,13-15H,5-12H2,(H,24,27). The molecule has 1 aromatic rings. The summed E-state index contributed by atoms with van der Waals surface area (Å²) in [6.45, 7) is -0.602. The lowest BCUT2D eigenvalue weighted by atomic mass is 9.52. The number of benzene rings is 1. The zero-order valence-electron chi connectivity index (χ0n) is 16.6. The van der Waals surface area contributed by atoms with Crippen molar-refractivity contribution in [2.24, 2.45) is 17.8 Å². The van der Waals surface area contributed by atoms with Gasteiger partial charge in [-0.1, -0.05) is 18.2 Å². The molecule has 0 atom stereocenters. The molecule has 4 bridgehead atoms. The summed E-state index contributed by atoms with van der Waals surface area (Å²) >= 11 is 0. The summed E-state index contributed by atoms with van der Waals surface area (Å²) in [6, 6.07) is 5.34. The Morgan fingerprint density at radius 2 is 1.60 bits per heavy atom. The maximum Gasteiger partial charge on any atom is 0.335 e.